The van der Waals surface area contributed by atoms with E-state index in [9.17, 15) is 18.0 Å². The molecule has 0 aliphatic carbocycles. The molecule has 0 unspecified atom stereocenters. The van der Waals surface area contributed by atoms with Crippen molar-refractivity contribution in [2.24, 2.45) is 0 Å². The molecule has 0 fully saturated rings. The summed E-state index contributed by atoms with van der Waals surface area (Å²) >= 11 is 12.1. The number of esters is 1. The number of benzene rings is 2. The van der Waals surface area contributed by atoms with Gasteiger partial charge in [0, 0.05) is 5.56 Å². The van der Waals surface area contributed by atoms with Gasteiger partial charge in [0.2, 0.25) is 0 Å². The molecule has 0 spiro atoms. The normalized spacial score (nSPS) is 15.6. The van der Waals surface area contributed by atoms with E-state index in [1.165, 1.54) is 18.2 Å². The first-order valence-electron chi connectivity index (χ1n) is 7.57. The van der Waals surface area contributed by atoms with Gasteiger partial charge in [-0.1, -0.05) is 23.2 Å². The Balaban J connectivity index is 1.92. The van der Waals surface area contributed by atoms with Crippen molar-refractivity contribution in [2.45, 2.75) is 32.0 Å². The molecule has 26 heavy (non-hydrogen) atoms. The van der Waals surface area contributed by atoms with E-state index in [0.29, 0.717) is 16.9 Å². The van der Waals surface area contributed by atoms with Crippen LogP contribution in [0.15, 0.2) is 30.3 Å². The highest BCUT2D eigenvalue weighted by Crippen LogP contribution is 2.42. The second kappa shape index (κ2) is 6.35. The molecule has 0 atom stereocenters. The number of hydrogen-bond donors (Lipinski definition) is 0. The van der Waals surface area contributed by atoms with Gasteiger partial charge in [-0.3, -0.25) is 0 Å². The van der Waals surface area contributed by atoms with E-state index in [4.69, 9.17) is 32.7 Å². The van der Waals surface area contributed by atoms with Crippen molar-refractivity contribution in [3.63, 3.8) is 0 Å². The summed E-state index contributed by atoms with van der Waals surface area (Å²) < 4.78 is 48.5. The van der Waals surface area contributed by atoms with E-state index >= 15 is 0 Å². The third-order valence-electron chi connectivity index (χ3n) is 3.89. The summed E-state index contributed by atoms with van der Waals surface area (Å²) in [7, 11) is 0. The first-order valence-corrected chi connectivity index (χ1v) is 8.32. The second-order valence-electron chi connectivity index (χ2n) is 6.39. The molecule has 0 bridgehead atoms. The van der Waals surface area contributed by atoms with Gasteiger partial charge in [-0.25, -0.2) is 4.79 Å². The Morgan fingerprint density at radius 1 is 1.12 bits per heavy atom. The van der Waals surface area contributed by atoms with Crippen LogP contribution in [-0.4, -0.2) is 12.1 Å². The van der Waals surface area contributed by atoms with Crippen LogP contribution in [0.25, 0.3) is 0 Å². The molecule has 0 radical (unpaired) electrons. The highest BCUT2D eigenvalue weighted by Gasteiger charge is 2.38. The zero-order chi connectivity index (χ0) is 19.3. The molecule has 3 nitrogen and oxygen atoms in total. The standard InChI is InChI=1S/C18H13Cl2F3O3/c1-17(2)12-7-10(3-4-11(12)16(24)26-17)25-15-13(19)5-9(6-14(15)20)8-18(21,22)23/h3-7H,8H2,1-2H3. The van der Waals surface area contributed by atoms with Crippen LogP contribution in [0.3, 0.4) is 0 Å². The number of carbonyl (C=O) groups excluding carboxylic acids is 1. The topological polar surface area (TPSA) is 35.5 Å². The van der Waals surface area contributed by atoms with Crippen LogP contribution >= 0.6 is 23.2 Å². The predicted molar refractivity (Wildman–Crippen MR) is 91.2 cm³/mol. The van der Waals surface area contributed by atoms with Crippen molar-refractivity contribution >= 4 is 29.2 Å². The van der Waals surface area contributed by atoms with Gasteiger partial charge >= 0.3 is 12.1 Å². The van der Waals surface area contributed by atoms with Gasteiger partial charge in [0.15, 0.2) is 5.75 Å². The average Bonchev–Trinajstić information content (AvgIpc) is 2.71. The molecule has 2 aromatic carbocycles. The number of fused-ring (bicyclic) bond motifs is 1. The van der Waals surface area contributed by atoms with Gasteiger partial charge in [-0.2, -0.15) is 13.2 Å². The summed E-state index contributed by atoms with van der Waals surface area (Å²) in [4.78, 5) is 11.8. The Bertz CT molecular complexity index is 869. The molecule has 0 amide bonds. The van der Waals surface area contributed by atoms with E-state index < -0.39 is 24.2 Å². The monoisotopic (exact) mass is 404 g/mol. The number of ether oxygens (including phenoxy) is 2. The van der Waals surface area contributed by atoms with Crippen LogP contribution in [0.5, 0.6) is 11.5 Å². The minimum absolute atomic E-state index is 0.0381. The molecule has 0 saturated heterocycles. The zero-order valence-corrected chi connectivity index (χ0v) is 15.2. The highest BCUT2D eigenvalue weighted by atomic mass is 35.5. The van der Waals surface area contributed by atoms with Crippen LogP contribution in [-0.2, 0) is 16.8 Å². The van der Waals surface area contributed by atoms with Gasteiger partial charge in [0.1, 0.15) is 11.4 Å². The highest BCUT2D eigenvalue weighted by molar-refractivity contribution is 6.37. The maximum atomic E-state index is 12.5. The van der Waals surface area contributed by atoms with Crippen LogP contribution in [0.4, 0.5) is 13.2 Å². The number of alkyl halides is 3. The second-order valence-corrected chi connectivity index (χ2v) is 7.20. The molecule has 138 valence electrons. The summed E-state index contributed by atoms with van der Waals surface area (Å²) in [6.07, 6.45) is -5.51. The molecule has 0 saturated carbocycles. The molecule has 8 heteroatoms. The van der Waals surface area contributed by atoms with Crippen molar-refractivity contribution in [3.05, 3.63) is 57.1 Å². The van der Waals surface area contributed by atoms with Crippen molar-refractivity contribution < 1.29 is 27.4 Å². The van der Waals surface area contributed by atoms with E-state index in [1.807, 2.05) is 0 Å². The Labute approximate surface area is 157 Å². The molecule has 0 aromatic heterocycles. The average molecular weight is 405 g/mol. The molecule has 1 heterocycles. The largest absolute Gasteiger partial charge is 0.454 e. The summed E-state index contributed by atoms with van der Waals surface area (Å²) in [5.41, 5.74) is 0.200. The predicted octanol–water partition coefficient (Wildman–Crippen LogP) is 6.30. The molecule has 3 rings (SSSR count). The smallest absolute Gasteiger partial charge is 0.393 e. The number of cyclic esters (lactones) is 1. The number of halogens is 5. The van der Waals surface area contributed by atoms with Gasteiger partial charge in [0.05, 0.1) is 22.0 Å². The van der Waals surface area contributed by atoms with Crippen LogP contribution in [0.1, 0.15) is 35.3 Å². The quantitative estimate of drug-likeness (QED) is 0.563. The fraction of sp³-hybridized carbons (Fsp3) is 0.278. The zero-order valence-electron chi connectivity index (χ0n) is 13.7. The fourth-order valence-corrected chi connectivity index (χ4v) is 3.38. The summed E-state index contributed by atoms with van der Waals surface area (Å²) in [6.45, 7) is 3.48. The minimum atomic E-state index is -4.37. The Hall–Kier alpha value is -1.92. The lowest BCUT2D eigenvalue weighted by atomic mass is 9.96. The third-order valence-corrected chi connectivity index (χ3v) is 4.45. The van der Waals surface area contributed by atoms with Gasteiger partial charge in [0.25, 0.3) is 0 Å². The van der Waals surface area contributed by atoms with Crippen LogP contribution in [0.2, 0.25) is 10.0 Å². The molecule has 1 aliphatic rings. The minimum Gasteiger partial charge on any atom is -0.454 e. The lowest BCUT2D eigenvalue weighted by molar-refractivity contribution is -0.127. The Kier molecular flexibility index (Phi) is 4.61. The molecular weight excluding hydrogens is 392 g/mol. The molecule has 0 N–H and O–H groups in total. The Morgan fingerprint density at radius 3 is 2.31 bits per heavy atom. The van der Waals surface area contributed by atoms with E-state index in [0.717, 1.165) is 0 Å². The fourth-order valence-electron chi connectivity index (χ4n) is 2.77. The van der Waals surface area contributed by atoms with Crippen LogP contribution < -0.4 is 4.74 Å². The lowest BCUT2D eigenvalue weighted by Crippen LogP contribution is -2.16. The summed E-state index contributed by atoms with van der Waals surface area (Å²) in [5, 5.41) is -0.0762. The van der Waals surface area contributed by atoms with Crippen molar-refractivity contribution in [2.75, 3.05) is 0 Å². The lowest BCUT2D eigenvalue weighted by Gasteiger charge is -2.18. The molecule has 2 aromatic rings. The number of rotatable bonds is 3. The van der Waals surface area contributed by atoms with Crippen molar-refractivity contribution in [3.8, 4) is 11.5 Å². The third kappa shape index (κ3) is 3.76. The summed E-state index contributed by atoms with van der Waals surface area (Å²) in [6, 6.07) is 7.05. The van der Waals surface area contributed by atoms with E-state index in [1.54, 1.807) is 26.0 Å². The maximum absolute atomic E-state index is 12.5. The number of hydrogen-bond acceptors (Lipinski definition) is 3. The van der Waals surface area contributed by atoms with Gasteiger partial charge in [-0.15, -0.1) is 0 Å². The van der Waals surface area contributed by atoms with Crippen molar-refractivity contribution in [1.29, 1.82) is 0 Å². The van der Waals surface area contributed by atoms with Crippen molar-refractivity contribution in [1.82, 2.24) is 0 Å². The van der Waals surface area contributed by atoms with Gasteiger partial charge in [-0.05, 0) is 49.7 Å². The van der Waals surface area contributed by atoms with Gasteiger partial charge < -0.3 is 9.47 Å². The Morgan fingerprint density at radius 2 is 1.73 bits per heavy atom. The SMILES string of the molecule is CC1(C)OC(=O)c2ccc(Oc3c(Cl)cc(CC(F)(F)F)cc3Cl)cc21. The number of carbonyl (C=O) groups is 1. The molecular formula is C18H13Cl2F3O3. The van der Waals surface area contributed by atoms with E-state index in [-0.39, 0.29) is 21.4 Å². The molecule has 1 aliphatic heterocycles. The first kappa shape index (κ1) is 18.9. The first-order chi connectivity index (χ1) is 12.0. The van der Waals surface area contributed by atoms with E-state index in [2.05, 4.69) is 0 Å². The maximum Gasteiger partial charge on any atom is 0.393 e. The summed E-state index contributed by atoms with van der Waals surface area (Å²) in [5.74, 6) is -0.0473. The van der Waals surface area contributed by atoms with Crippen LogP contribution in [0, 0.1) is 0 Å².